The summed E-state index contributed by atoms with van der Waals surface area (Å²) in [5.41, 5.74) is 0.726. The van der Waals surface area contributed by atoms with Crippen LogP contribution in [0, 0.1) is 10.1 Å². The Bertz CT molecular complexity index is 345. The molecule has 2 heterocycles. The fourth-order valence-electron chi connectivity index (χ4n) is 1.62. The van der Waals surface area contributed by atoms with Crippen molar-refractivity contribution in [2.45, 2.75) is 6.54 Å². The van der Waals surface area contributed by atoms with Crippen molar-refractivity contribution in [3.8, 4) is 0 Å². The molecule has 15 heavy (non-hydrogen) atoms. The normalized spacial score (nSPS) is 17.9. The number of nitrogens with zero attached hydrogens (tertiary/aromatic N) is 3. The molecular formula is C8H13N5O2. The van der Waals surface area contributed by atoms with Gasteiger partial charge in [-0.25, -0.2) is 0 Å². The van der Waals surface area contributed by atoms with E-state index in [1.54, 1.807) is 0 Å². The number of aromatic amines is 1. The van der Waals surface area contributed by atoms with Crippen molar-refractivity contribution in [2.24, 2.45) is 0 Å². The average molecular weight is 211 g/mol. The minimum Gasteiger partial charge on any atom is -0.358 e. The number of piperazine rings is 1. The summed E-state index contributed by atoms with van der Waals surface area (Å²) in [6.07, 6.45) is 0. The number of nitro groups is 1. The second-order valence-electron chi connectivity index (χ2n) is 3.53. The highest BCUT2D eigenvalue weighted by atomic mass is 16.6. The molecule has 2 N–H and O–H groups in total. The fraction of sp³-hybridized carbons (Fsp3) is 0.625. The lowest BCUT2D eigenvalue weighted by Crippen LogP contribution is -2.42. The van der Waals surface area contributed by atoms with Crippen LogP contribution in [0.1, 0.15) is 5.69 Å². The van der Waals surface area contributed by atoms with Crippen LogP contribution in [0.2, 0.25) is 0 Å². The van der Waals surface area contributed by atoms with Gasteiger partial charge in [-0.3, -0.25) is 4.90 Å². The van der Waals surface area contributed by atoms with Gasteiger partial charge in [0.15, 0.2) is 0 Å². The first-order valence-electron chi connectivity index (χ1n) is 4.87. The van der Waals surface area contributed by atoms with Crippen LogP contribution in [-0.2, 0) is 6.54 Å². The van der Waals surface area contributed by atoms with E-state index in [0.29, 0.717) is 6.54 Å². The molecule has 1 saturated heterocycles. The van der Waals surface area contributed by atoms with E-state index in [9.17, 15) is 10.1 Å². The summed E-state index contributed by atoms with van der Waals surface area (Å²) in [5, 5.41) is 20.0. The summed E-state index contributed by atoms with van der Waals surface area (Å²) >= 11 is 0. The third-order valence-corrected chi connectivity index (χ3v) is 2.41. The predicted octanol–water partition coefficient (Wildman–Crippen LogP) is -0.277. The predicted molar refractivity (Wildman–Crippen MR) is 53.4 cm³/mol. The van der Waals surface area contributed by atoms with Gasteiger partial charge < -0.3 is 15.4 Å². The maximum atomic E-state index is 10.4. The summed E-state index contributed by atoms with van der Waals surface area (Å²) in [5.74, 6) is -0.0415. The molecule has 0 aliphatic carbocycles. The Morgan fingerprint density at radius 2 is 2.27 bits per heavy atom. The third kappa shape index (κ3) is 2.51. The van der Waals surface area contributed by atoms with E-state index in [1.165, 1.54) is 6.07 Å². The molecule has 0 radical (unpaired) electrons. The van der Waals surface area contributed by atoms with Crippen molar-refractivity contribution in [1.82, 2.24) is 20.4 Å². The smallest absolute Gasteiger partial charge is 0.342 e. The summed E-state index contributed by atoms with van der Waals surface area (Å²) in [7, 11) is 0. The first-order chi connectivity index (χ1) is 7.25. The topological polar surface area (TPSA) is 87.1 Å². The van der Waals surface area contributed by atoms with Gasteiger partial charge >= 0.3 is 5.82 Å². The van der Waals surface area contributed by atoms with Crippen LogP contribution in [0.15, 0.2) is 6.07 Å². The molecule has 2 rings (SSSR count). The first kappa shape index (κ1) is 10.1. The van der Waals surface area contributed by atoms with Crippen LogP contribution in [0.25, 0.3) is 0 Å². The van der Waals surface area contributed by atoms with Gasteiger partial charge in [0, 0.05) is 32.7 Å². The zero-order chi connectivity index (χ0) is 10.7. The quantitative estimate of drug-likeness (QED) is 0.530. The number of hydrogen-bond donors (Lipinski definition) is 2. The van der Waals surface area contributed by atoms with E-state index < -0.39 is 4.92 Å². The lowest BCUT2D eigenvalue weighted by molar-refractivity contribution is -0.389. The first-order valence-corrected chi connectivity index (χ1v) is 4.87. The average Bonchev–Trinajstić information content (AvgIpc) is 2.68. The number of nitrogens with one attached hydrogen (secondary N) is 2. The monoisotopic (exact) mass is 211 g/mol. The Hall–Kier alpha value is -1.47. The number of aromatic nitrogens is 2. The Kier molecular flexibility index (Phi) is 2.93. The van der Waals surface area contributed by atoms with Crippen LogP contribution in [0.5, 0.6) is 0 Å². The van der Waals surface area contributed by atoms with Crippen LogP contribution >= 0.6 is 0 Å². The van der Waals surface area contributed by atoms with E-state index in [2.05, 4.69) is 20.4 Å². The minimum atomic E-state index is -0.464. The highest BCUT2D eigenvalue weighted by molar-refractivity contribution is 5.20. The molecule has 0 unspecified atom stereocenters. The molecule has 7 heteroatoms. The van der Waals surface area contributed by atoms with E-state index in [1.807, 2.05) is 0 Å². The highest BCUT2D eigenvalue weighted by Gasteiger charge is 2.14. The van der Waals surface area contributed by atoms with Crippen molar-refractivity contribution in [3.63, 3.8) is 0 Å². The molecule has 1 aliphatic heterocycles. The molecule has 1 aromatic rings. The molecule has 0 amide bonds. The Balaban J connectivity index is 1.94. The summed E-state index contributed by atoms with van der Waals surface area (Å²) in [4.78, 5) is 12.2. The zero-order valence-electron chi connectivity index (χ0n) is 8.27. The van der Waals surface area contributed by atoms with Crippen molar-refractivity contribution in [1.29, 1.82) is 0 Å². The second-order valence-corrected chi connectivity index (χ2v) is 3.53. The van der Waals surface area contributed by atoms with E-state index in [0.717, 1.165) is 31.9 Å². The molecular weight excluding hydrogens is 198 g/mol. The van der Waals surface area contributed by atoms with Crippen molar-refractivity contribution in [2.75, 3.05) is 26.2 Å². The van der Waals surface area contributed by atoms with Crippen LogP contribution in [0.4, 0.5) is 5.82 Å². The summed E-state index contributed by atoms with van der Waals surface area (Å²) in [6.45, 7) is 4.52. The molecule has 7 nitrogen and oxygen atoms in total. The Morgan fingerprint density at radius 3 is 2.87 bits per heavy atom. The second kappa shape index (κ2) is 4.37. The maximum Gasteiger partial charge on any atom is 0.342 e. The van der Waals surface area contributed by atoms with Crippen LogP contribution in [-0.4, -0.2) is 46.2 Å². The maximum absolute atomic E-state index is 10.4. The van der Waals surface area contributed by atoms with Gasteiger partial charge in [-0.05, 0) is 4.92 Å². The molecule has 0 bridgehead atoms. The third-order valence-electron chi connectivity index (χ3n) is 2.41. The number of rotatable bonds is 3. The molecule has 1 aliphatic rings. The molecule has 0 saturated carbocycles. The van der Waals surface area contributed by atoms with Crippen molar-refractivity contribution < 1.29 is 4.92 Å². The van der Waals surface area contributed by atoms with E-state index >= 15 is 0 Å². The molecule has 1 fully saturated rings. The van der Waals surface area contributed by atoms with Crippen molar-refractivity contribution in [3.05, 3.63) is 21.9 Å². The number of hydrogen-bond acceptors (Lipinski definition) is 5. The van der Waals surface area contributed by atoms with Crippen LogP contribution in [0.3, 0.4) is 0 Å². The fourth-order valence-corrected chi connectivity index (χ4v) is 1.62. The Labute approximate surface area is 86.6 Å². The Morgan fingerprint density at radius 1 is 1.53 bits per heavy atom. The largest absolute Gasteiger partial charge is 0.358 e. The van der Waals surface area contributed by atoms with Crippen LogP contribution < -0.4 is 5.32 Å². The minimum absolute atomic E-state index is 0.0415. The lowest BCUT2D eigenvalue weighted by atomic mass is 10.3. The zero-order valence-corrected chi connectivity index (χ0v) is 8.27. The van der Waals surface area contributed by atoms with Gasteiger partial charge in [-0.2, -0.15) is 0 Å². The van der Waals surface area contributed by atoms with Gasteiger partial charge in [-0.1, -0.05) is 5.10 Å². The van der Waals surface area contributed by atoms with Gasteiger partial charge in [0.2, 0.25) is 0 Å². The van der Waals surface area contributed by atoms with Gasteiger partial charge in [-0.15, -0.1) is 5.10 Å². The highest BCUT2D eigenvalue weighted by Crippen LogP contribution is 2.10. The molecule has 0 aromatic carbocycles. The molecule has 82 valence electrons. The SMILES string of the molecule is O=[N+]([O-])c1cc(CN2CCNCC2)n[nH]1. The molecule has 0 spiro atoms. The van der Waals surface area contributed by atoms with Gasteiger partial charge in [0.05, 0.1) is 6.07 Å². The van der Waals surface area contributed by atoms with E-state index in [4.69, 9.17) is 0 Å². The van der Waals surface area contributed by atoms with Gasteiger partial charge in [0.1, 0.15) is 5.69 Å². The van der Waals surface area contributed by atoms with Gasteiger partial charge in [0.25, 0.3) is 0 Å². The molecule has 1 aromatic heterocycles. The summed E-state index contributed by atoms with van der Waals surface area (Å²) in [6, 6.07) is 1.49. The lowest BCUT2D eigenvalue weighted by Gasteiger charge is -2.25. The standard InChI is InChI=1S/C8H13N5O2/c14-13(15)8-5-7(10-11-8)6-12-3-1-9-2-4-12/h5,9H,1-4,6H2,(H,10,11). The van der Waals surface area contributed by atoms with Crippen molar-refractivity contribution >= 4 is 5.82 Å². The van der Waals surface area contributed by atoms with E-state index in [-0.39, 0.29) is 5.82 Å². The number of H-pyrrole nitrogens is 1. The summed E-state index contributed by atoms with van der Waals surface area (Å²) < 4.78 is 0. The molecule has 0 atom stereocenters.